The zero-order chi connectivity index (χ0) is 41.8. The van der Waals surface area contributed by atoms with Crippen molar-refractivity contribution < 1.29 is 56.4 Å². The summed E-state index contributed by atoms with van der Waals surface area (Å²) in [7, 11) is -3.89. The number of carboxylic acids is 1. The zero-order valence-corrected chi connectivity index (χ0v) is 34.5. The average Bonchev–Trinajstić information content (AvgIpc) is 3.15. The minimum absolute atomic E-state index is 0.0883. The molecule has 16 nitrogen and oxygen atoms in total. The van der Waals surface area contributed by atoms with Gasteiger partial charge in [-0.25, -0.2) is 18.2 Å². The number of carbonyl (C=O) groups is 4. The van der Waals surface area contributed by atoms with Crippen molar-refractivity contribution >= 4 is 39.6 Å². The van der Waals surface area contributed by atoms with Gasteiger partial charge in [-0.15, -0.1) is 0 Å². The zero-order valence-electron chi connectivity index (χ0n) is 33.7. The van der Waals surface area contributed by atoms with Crippen molar-refractivity contribution in [1.82, 2.24) is 15.6 Å². The third kappa shape index (κ3) is 25.0. The molecule has 2 amide bonds. The molecule has 4 N–H and O–H groups in total. The van der Waals surface area contributed by atoms with Crippen molar-refractivity contribution in [2.24, 2.45) is 0 Å². The lowest BCUT2D eigenvalue weighted by Crippen LogP contribution is -2.31. The smallest absolute Gasteiger partial charge is 0.329 e. The molecule has 0 atom stereocenters. The van der Waals surface area contributed by atoms with E-state index in [-0.39, 0.29) is 94.1 Å². The van der Waals surface area contributed by atoms with Gasteiger partial charge in [-0.05, 0) is 69.9 Å². The molecule has 2 aromatic rings. The van der Waals surface area contributed by atoms with Gasteiger partial charge >= 0.3 is 11.9 Å². The summed E-state index contributed by atoms with van der Waals surface area (Å²) in [6.45, 7) is 6.79. The van der Waals surface area contributed by atoms with Crippen LogP contribution in [0.3, 0.4) is 0 Å². The number of carbonyl (C=O) groups excluding carboxylic acids is 3. The Labute approximate surface area is 337 Å². The van der Waals surface area contributed by atoms with E-state index >= 15 is 0 Å². The van der Waals surface area contributed by atoms with Crippen molar-refractivity contribution in [3.05, 3.63) is 53.7 Å². The highest BCUT2D eigenvalue weighted by atomic mass is 32.2. The van der Waals surface area contributed by atoms with Gasteiger partial charge < -0.3 is 39.4 Å². The molecule has 0 fully saturated rings. The third-order valence-corrected chi connectivity index (χ3v) is 9.40. The first-order valence-electron chi connectivity index (χ1n) is 19.6. The predicted molar refractivity (Wildman–Crippen MR) is 213 cm³/mol. The van der Waals surface area contributed by atoms with E-state index in [1.807, 2.05) is 26.8 Å². The molecule has 0 radical (unpaired) electrons. The van der Waals surface area contributed by atoms with E-state index in [2.05, 4.69) is 20.3 Å². The van der Waals surface area contributed by atoms with E-state index in [0.29, 0.717) is 6.42 Å². The fraction of sp³-hybridized carbons (Fsp3) is 0.625. The van der Waals surface area contributed by atoms with Gasteiger partial charge in [0.05, 0.1) is 50.1 Å². The number of esters is 1. The van der Waals surface area contributed by atoms with E-state index in [1.165, 1.54) is 24.8 Å². The Hall–Kier alpha value is -4.16. The first-order chi connectivity index (χ1) is 27.2. The number of sulfonamides is 1. The van der Waals surface area contributed by atoms with Crippen molar-refractivity contribution in [3.63, 3.8) is 0 Å². The molecule has 1 aromatic heterocycles. The van der Waals surface area contributed by atoms with Crippen LogP contribution in [0.5, 0.6) is 0 Å². The summed E-state index contributed by atoms with van der Waals surface area (Å²) in [5.74, 6) is -1.81. The molecule has 1 heterocycles. The molecule has 320 valence electrons. The molecule has 0 saturated heterocycles. The highest BCUT2D eigenvalue weighted by Gasteiger charge is 2.17. The van der Waals surface area contributed by atoms with Gasteiger partial charge in [0.25, 0.3) is 15.9 Å². The van der Waals surface area contributed by atoms with Crippen molar-refractivity contribution in [2.45, 2.75) is 102 Å². The number of carboxylic acid groups (broad SMARTS) is 1. The van der Waals surface area contributed by atoms with Crippen molar-refractivity contribution in [2.75, 3.05) is 70.7 Å². The van der Waals surface area contributed by atoms with Gasteiger partial charge in [-0.1, -0.05) is 57.1 Å². The van der Waals surface area contributed by atoms with Crippen LogP contribution in [0.4, 0.5) is 5.82 Å². The summed E-state index contributed by atoms with van der Waals surface area (Å²) in [6, 6.07) is 9.79. The number of unbranched alkanes of at least 4 members (excludes halogenated alkanes) is 8. The number of benzene rings is 1. The summed E-state index contributed by atoms with van der Waals surface area (Å²) < 4.78 is 54.7. The molecule has 0 aliphatic rings. The molecule has 0 saturated carbocycles. The van der Waals surface area contributed by atoms with Crippen molar-refractivity contribution in [3.8, 4) is 0 Å². The van der Waals surface area contributed by atoms with E-state index in [9.17, 15) is 27.6 Å². The van der Waals surface area contributed by atoms with Crippen LogP contribution in [0.1, 0.15) is 101 Å². The molecule has 57 heavy (non-hydrogen) atoms. The fourth-order valence-electron chi connectivity index (χ4n) is 5.30. The van der Waals surface area contributed by atoms with Crippen LogP contribution in [-0.2, 0) is 54.5 Å². The van der Waals surface area contributed by atoms with Crippen LogP contribution in [0.25, 0.3) is 0 Å². The lowest BCUT2D eigenvalue weighted by Gasteiger charge is -2.19. The quantitative estimate of drug-likeness (QED) is 0.0584. The molecule has 0 aliphatic heterocycles. The summed E-state index contributed by atoms with van der Waals surface area (Å²) in [6.07, 6.45) is 12.2. The molecular weight excluding hydrogens is 761 g/mol. The van der Waals surface area contributed by atoms with Crippen molar-refractivity contribution in [1.29, 1.82) is 0 Å². The second-order valence-corrected chi connectivity index (χ2v) is 16.0. The van der Waals surface area contributed by atoms with E-state index in [1.54, 1.807) is 18.2 Å². The predicted octanol–water partition coefficient (Wildman–Crippen LogP) is 4.66. The summed E-state index contributed by atoms with van der Waals surface area (Å²) in [4.78, 5) is 50.6. The Kier molecular flexibility index (Phi) is 24.3. The Morgan fingerprint density at radius 1 is 0.719 bits per heavy atom. The highest BCUT2D eigenvalue weighted by molar-refractivity contribution is 7.92. The standard InChI is InChI=1S/C40H62N4O12S/c1-40(2,3)56-38(48)17-12-10-8-6-4-5-7-9-11-14-32-15-13-16-34(28-32)57(50,51)44-35-19-18-33(29-43-35)39(49)42-21-23-53-24-26-54-30-36(45)41-20-22-52-25-27-55-31-37(46)47/h13,15-16,18-19,28-29H,4-12,14,17,20-27,30-31H2,1-3H3,(H,41,45)(H,42,49)(H,43,44)(H,46,47). The number of aryl methyl sites for hydroxylation is 1. The topological polar surface area (TPSA) is 218 Å². The number of ether oxygens (including phenoxy) is 5. The van der Waals surface area contributed by atoms with E-state index in [0.717, 1.165) is 63.4 Å². The highest BCUT2D eigenvalue weighted by Crippen LogP contribution is 2.19. The number of nitrogens with zero attached hydrogens (tertiary/aromatic N) is 1. The second-order valence-electron chi connectivity index (χ2n) is 14.3. The number of anilines is 1. The van der Waals surface area contributed by atoms with Gasteiger partial charge in [0, 0.05) is 25.7 Å². The van der Waals surface area contributed by atoms with Gasteiger partial charge in [0.1, 0.15) is 24.6 Å². The monoisotopic (exact) mass is 822 g/mol. The molecular formula is C40H62N4O12S. The Morgan fingerprint density at radius 2 is 1.32 bits per heavy atom. The summed E-state index contributed by atoms with van der Waals surface area (Å²) in [5, 5.41) is 13.8. The number of aromatic nitrogens is 1. The first kappa shape index (κ1) is 49.0. The maximum Gasteiger partial charge on any atom is 0.329 e. The van der Waals surface area contributed by atoms with Gasteiger partial charge in [0.15, 0.2) is 0 Å². The van der Waals surface area contributed by atoms with Gasteiger partial charge in [0.2, 0.25) is 5.91 Å². The summed E-state index contributed by atoms with van der Waals surface area (Å²) >= 11 is 0. The summed E-state index contributed by atoms with van der Waals surface area (Å²) in [5.41, 5.74) is 0.769. The minimum Gasteiger partial charge on any atom is -0.480 e. The molecule has 1 aromatic carbocycles. The van der Waals surface area contributed by atoms with Crippen LogP contribution in [-0.4, -0.2) is 114 Å². The Balaban J connectivity index is 1.54. The Morgan fingerprint density at radius 3 is 1.93 bits per heavy atom. The largest absolute Gasteiger partial charge is 0.480 e. The fourth-order valence-corrected chi connectivity index (χ4v) is 6.38. The van der Waals surface area contributed by atoms with Crippen LogP contribution >= 0.6 is 0 Å². The molecule has 0 aliphatic carbocycles. The molecule has 0 bridgehead atoms. The van der Waals surface area contributed by atoms with Crippen LogP contribution < -0.4 is 15.4 Å². The average molecular weight is 823 g/mol. The molecule has 0 unspecified atom stereocenters. The lowest BCUT2D eigenvalue weighted by molar-refractivity contribution is -0.155. The van der Waals surface area contributed by atoms with E-state index < -0.39 is 27.5 Å². The molecule has 0 spiro atoms. The number of nitrogens with one attached hydrogen (secondary N) is 3. The number of hydrogen-bond acceptors (Lipinski definition) is 12. The number of amides is 2. The second kappa shape index (κ2) is 28.3. The Bertz CT molecular complexity index is 1580. The van der Waals surface area contributed by atoms with Crippen LogP contribution in [0.2, 0.25) is 0 Å². The third-order valence-electron chi connectivity index (χ3n) is 8.04. The van der Waals surface area contributed by atoms with Gasteiger partial charge in [-0.2, -0.15) is 0 Å². The maximum atomic E-state index is 13.1. The van der Waals surface area contributed by atoms with Crippen LogP contribution in [0.15, 0.2) is 47.5 Å². The molecule has 2 rings (SSSR count). The number of aliphatic carboxylic acids is 1. The SMILES string of the molecule is CC(C)(C)OC(=O)CCCCCCCCCCCc1cccc(S(=O)(=O)Nc2ccc(C(=O)NCCOCCOCC(=O)NCCOCCOCC(=O)O)cn2)c1. The number of rotatable bonds is 32. The lowest BCUT2D eigenvalue weighted by atomic mass is 10.0. The van der Waals surface area contributed by atoms with E-state index in [4.69, 9.17) is 28.8 Å². The first-order valence-corrected chi connectivity index (χ1v) is 21.1. The number of pyridine rings is 1. The maximum absolute atomic E-state index is 13.1. The normalized spacial score (nSPS) is 11.6. The number of hydrogen-bond donors (Lipinski definition) is 4. The van der Waals surface area contributed by atoms with Gasteiger partial charge in [-0.3, -0.25) is 19.1 Å². The molecule has 17 heteroatoms. The van der Waals surface area contributed by atoms with Crippen LogP contribution in [0, 0.1) is 0 Å². The minimum atomic E-state index is -3.89.